The first-order chi connectivity index (χ1) is 27.6. The minimum atomic E-state index is -0.304. The summed E-state index contributed by atoms with van der Waals surface area (Å²) in [4.78, 5) is 10.5. The lowest BCUT2D eigenvalue weighted by Gasteiger charge is -2.28. The van der Waals surface area contributed by atoms with Crippen LogP contribution in [0.1, 0.15) is 103 Å². The molecule has 1 N–H and O–H groups in total. The minimum Gasteiger partial charge on any atom is -0.507 e. The van der Waals surface area contributed by atoms with Crippen molar-refractivity contribution in [1.82, 2.24) is 14.5 Å². The average molecular weight is 762 g/mol. The third-order valence-electron chi connectivity index (χ3n) is 11.6. The Labute approximate surface area is 344 Å². The number of nitrogens with zero attached hydrogens (tertiary/aromatic N) is 3. The van der Waals surface area contributed by atoms with Crippen molar-refractivity contribution in [3.8, 4) is 56.3 Å². The summed E-state index contributed by atoms with van der Waals surface area (Å²) in [6, 6.07) is 45.5. The van der Waals surface area contributed by atoms with E-state index in [-0.39, 0.29) is 28.4 Å². The Hall–Kier alpha value is -6.00. The van der Waals surface area contributed by atoms with Gasteiger partial charge in [0.05, 0.1) is 28.0 Å². The smallest absolute Gasteiger partial charge is 0.149 e. The number of fused-ring (bicyclic) bond motifs is 2. The number of hydrogen-bond donors (Lipinski definition) is 1. The fraction of sp³-hybridized carbons (Fsp3) is 0.259. The third kappa shape index (κ3) is 7.00. The third-order valence-corrected chi connectivity index (χ3v) is 11.6. The Balaban J connectivity index is 1.48. The molecule has 8 aromatic rings. The van der Waals surface area contributed by atoms with Crippen molar-refractivity contribution in [2.24, 2.45) is 0 Å². The Bertz CT molecular complexity index is 2780. The lowest BCUT2D eigenvalue weighted by molar-refractivity contribution is 0.446. The van der Waals surface area contributed by atoms with Crippen molar-refractivity contribution in [2.45, 2.75) is 91.9 Å². The van der Waals surface area contributed by atoms with Crippen LogP contribution in [0.4, 0.5) is 0 Å². The first-order valence-corrected chi connectivity index (χ1v) is 20.7. The topological polar surface area (TPSA) is 50.9 Å². The molecule has 0 radical (unpaired) electrons. The van der Waals surface area contributed by atoms with Crippen molar-refractivity contribution in [3.63, 3.8) is 0 Å². The molecule has 8 rings (SSSR count). The Morgan fingerprint density at radius 3 is 1.88 bits per heavy atom. The van der Waals surface area contributed by atoms with E-state index in [1.807, 2.05) is 6.20 Å². The zero-order chi connectivity index (χ0) is 41.1. The van der Waals surface area contributed by atoms with E-state index >= 15 is 0 Å². The molecular weight excluding hydrogens is 707 g/mol. The van der Waals surface area contributed by atoms with Gasteiger partial charge in [-0.2, -0.15) is 0 Å². The molecule has 0 aliphatic heterocycles. The first-order valence-electron chi connectivity index (χ1n) is 20.7. The number of phenolic OH excluding ortho intramolecular Hbond substituents is 1. The zero-order valence-corrected chi connectivity index (χ0v) is 35.6. The number of para-hydroxylation sites is 1. The average Bonchev–Trinajstić information content (AvgIpc) is 3.59. The van der Waals surface area contributed by atoms with Gasteiger partial charge in [-0.05, 0) is 97.8 Å². The van der Waals surface area contributed by atoms with E-state index in [9.17, 15) is 5.11 Å². The number of rotatable bonds is 7. The van der Waals surface area contributed by atoms with E-state index < -0.39 is 0 Å². The fourth-order valence-electron chi connectivity index (χ4n) is 8.35. The van der Waals surface area contributed by atoms with Crippen LogP contribution in [0.15, 0.2) is 134 Å². The highest BCUT2D eigenvalue weighted by atomic mass is 16.3. The van der Waals surface area contributed by atoms with E-state index in [2.05, 4.69) is 201 Å². The second-order valence-electron chi connectivity index (χ2n) is 18.5. The lowest BCUT2D eigenvalue weighted by atomic mass is 9.78. The predicted octanol–water partition coefficient (Wildman–Crippen LogP) is 14.8. The molecule has 0 saturated heterocycles. The second kappa shape index (κ2) is 14.7. The maximum atomic E-state index is 12.5. The van der Waals surface area contributed by atoms with Crippen LogP contribution >= 0.6 is 0 Å². The molecule has 4 heteroatoms. The van der Waals surface area contributed by atoms with Gasteiger partial charge in [-0.1, -0.05) is 160 Å². The van der Waals surface area contributed by atoms with Crippen molar-refractivity contribution >= 4 is 21.8 Å². The lowest BCUT2D eigenvalue weighted by Crippen LogP contribution is -2.17. The van der Waals surface area contributed by atoms with Crippen LogP contribution in [0.3, 0.4) is 0 Å². The van der Waals surface area contributed by atoms with Gasteiger partial charge >= 0.3 is 0 Å². The van der Waals surface area contributed by atoms with Gasteiger partial charge in [0, 0.05) is 28.3 Å². The number of hydrogen-bond acceptors (Lipinski definition) is 3. The maximum Gasteiger partial charge on any atom is 0.149 e. The summed E-state index contributed by atoms with van der Waals surface area (Å²) >= 11 is 0. The summed E-state index contributed by atoms with van der Waals surface area (Å²) in [5.74, 6) is 1.42. The summed E-state index contributed by atoms with van der Waals surface area (Å²) < 4.78 is 2.36. The normalized spacial score (nSPS) is 12.3. The first kappa shape index (κ1) is 38.9. The second-order valence-corrected chi connectivity index (χ2v) is 18.5. The summed E-state index contributed by atoms with van der Waals surface area (Å²) in [7, 11) is 0. The molecule has 58 heavy (non-hydrogen) atoms. The monoisotopic (exact) mass is 761 g/mol. The molecule has 0 amide bonds. The van der Waals surface area contributed by atoms with Gasteiger partial charge in [0.1, 0.15) is 11.6 Å². The molecular formula is C54H55N3O. The molecule has 2 aromatic heterocycles. The minimum absolute atomic E-state index is 0.163. The number of phenols is 1. The Morgan fingerprint density at radius 2 is 1.21 bits per heavy atom. The summed E-state index contributed by atoms with van der Waals surface area (Å²) in [6.45, 7) is 22.4. The van der Waals surface area contributed by atoms with Gasteiger partial charge in [-0.15, -0.1) is 0 Å². The highest BCUT2D eigenvalue weighted by Gasteiger charge is 2.30. The molecule has 0 aliphatic rings. The number of aromatic hydroxyl groups is 1. The molecule has 0 bridgehead atoms. The number of pyridine rings is 1. The van der Waals surface area contributed by atoms with Crippen LogP contribution in [0.2, 0.25) is 0 Å². The Morgan fingerprint density at radius 1 is 0.569 bits per heavy atom. The summed E-state index contributed by atoms with van der Waals surface area (Å²) in [5, 5.41) is 14.8. The van der Waals surface area contributed by atoms with Crippen molar-refractivity contribution in [3.05, 3.63) is 156 Å². The van der Waals surface area contributed by atoms with Gasteiger partial charge in [-0.3, -0.25) is 9.55 Å². The molecule has 0 atom stereocenters. The number of imidazole rings is 1. The molecule has 0 spiro atoms. The van der Waals surface area contributed by atoms with Crippen molar-refractivity contribution in [1.29, 1.82) is 0 Å². The van der Waals surface area contributed by atoms with Crippen LogP contribution in [-0.2, 0) is 10.8 Å². The fourth-order valence-corrected chi connectivity index (χ4v) is 8.35. The largest absolute Gasteiger partial charge is 0.507 e. The molecule has 6 aromatic carbocycles. The molecule has 0 fully saturated rings. The molecule has 292 valence electrons. The molecule has 4 nitrogen and oxygen atoms in total. The summed E-state index contributed by atoms with van der Waals surface area (Å²) in [5.41, 5.74) is 14.3. The summed E-state index contributed by atoms with van der Waals surface area (Å²) in [6.07, 6.45) is 1.89. The van der Waals surface area contributed by atoms with E-state index in [4.69, 9.17) is 9.97 Å². The van der Waals surface area contributed by atoms with Crippen LogP contribution in [-0.4, -0.2) is 19.6 Å². The van der Waals surface area contributed by atoms with Crippen LogP contribution in [0.25, 0.3) is 72.4 Å². The molecule has 0 unspecified atom stereocenters. The van der Waals surface area contributed by atoms with Crippen LogP contribution in [0, 0.1) is 0 Å². The SMILES string of the molecule is CC(C)c1cc(-c2ccccc2)cc(C(C)C)c1-n1c(-c2cc(C(C)(C)C)cc(C(C)(C)C)c2O)nc2c(-c3cccc(-c4nccc5ccccc45)c3)cccc21. The highest BCUT2D eigenvalue weighted by Crippen LogP contribution is 2.47. The zero-order valence-electron chi connectivity index (χ0n) is 35.6. The van der Waals surface area contributed by atoms with E-state index in [1.54, 1.807) is 0 Å². The number of benzene rings is 6. The van der Waals surface area contributed by atoms with Gasteiger partial charge in [-0.25, -0.2) is 4.98 Å². The molecule has 0 saturated carbocycles. The van der Waals surface area contributed by atoms with E-state index in [0.29, 0.717) is 0 Å². The standard InChI is InChI=1S/C54H55N3O/c1-33(2)43-29-39(35-18-12-11-13-19-35)30-44(34(3)4)50(43)57-47-25-17-24-42(37-21-16-22-38(28-37)48-41-23-15-14-20-36(41)26-27-55-48)49(47)56-52(57)45-31-40(53(5,6)7)32-46(51(45)58)54(8,9)10/h11-34,58H,1-10H3. The maximum absolute atomic E-state index is 12.5. The number of aromatic nitrogens is 3. The van der Waals surface area contributed by atoms with Crippen molar-refractivity contribution in [2.75, 3.05) is 0 Å². The molecule has 2 heterocycles. The van der Waals surface area contributed by atoms with Crippen LogP contribution < -0.4 is 0 Å². The van der Waals surface area contributed by atoms with E-state index in [0.717, 1.165) is 72.4 Å². The van der Waals surface area contributed by atoms with Gasteiger partial charge < -0.3 is 5.11 Å². The van der Waals surface area contributed by atoms with Gasteiger partial charge in [0.25, 0.3) is 0 Å². The van der Waals surface area contributed by atoms with Gasteiger partial charge in [0.15, 0.2) is 0 Å². The van der Waals surface area contributed by atoms with Crippen molar-refractivity contribution < 1.29 is 5.11 Å². The Kier molecular flexibility index (Phi) is 9.88. The highest BCUT2D eigenvalue weighted by molar-refractivity contribution is 5.99. The van der Waals surface area contributed by atoms with Crippen LogP contribution in [0.5, 0.6) is 5.75 Å². The molecule has 0 aliphatic carbocycles. The van der Waals surface area contributed by atoms with Gasteiger partial charge in [0.2, 0.25) is 0 Å². The predicted molar refractivity (Wildman–Crippen MR) is 245 cm³/mol. The quantitative estimate of drug-likeness (QED) is 0.176. The van der Waals surface area contributed by atoms with E-state index in [1.165, 1.54) is 22.3 Å².